The minimum atomic E-state index is -0.251. The van der Waals surface area contributed by atoms with E-state index in [2.05, 4.69) is 54.5 Å². The average molecular weight is 491 g/mol. The summed E-state index contributed by atoms with van der Waals surface area (Å²) in [6.45, 7) is 0. The lowest BCUT2D eigenvalue weighted by Gasteiger charge is -2.13. The highest BCUT2D eigenvalue weighted by molar-refractivity contribution is 14.1. The van der Waals surface area contributed by atoms with Gasteiger partial charge in [0.2, 0.25) is 0 Å². The minimum Gasteiger partial charge on any atom is -0.320 e. The van der Waals surface area contributed by atoms with Gasteiger partial charge in [0.05, 0.1) is 13.6 Å². The lowest BCUT2D eigenvalue weighted by atomic mass is 10.0. The molecular formula is C11H7Br2FINS. The van der Waals surface area contributed by atoms with Crippen molar-refractivity contribution in [2.75, 3.05) is 0 Å². The van der Waals surface area contributed by atoms with Crippen LogP contribution in [0.2, 0.25) is 0 Å². The first-order valence-corrected chi connectivity index (χ1v) is 8.12. The van der Waals surface area contributed by atoms with E-state index in [1.807, 2.05) is 6.07 Å². The summed E-state index contributed by atoms with van der Waals surface area (Å²) in [5.41, 5.74) is 8.14. The number of nitrogens with two attached hydrogens (primary N) is 1. The summed E-state index contributed by atoms with van der Waals surface area (Å²) in [4.78, 5) is 0. The summed E-state index contributed by atoms with van der Waals surface area (Å²) in [6, 6.07) is 6.40. The highest BCUT2D eigenvalue weighted by Gasteiger charge is 2.17. The van der Waals surface area contributed by atoms with Gasteiger partial charge in [-0.15, -0.1) is 11.3 Å². The highest BCUT2D eigenvalue weighted by atomic mass is 127. The predicted molar refractivity (Wildman–Crippen MR) is 84.9 cm³/mol. The van der Waals surface area contributed by atoms with Gasteiger partial charge in [0.15, 0.2) is 0 Å². The van der Waals surface area contributed by atoms with Crippen molar-refractivity contribution >= 4 is 65.8 Å². The monoisotopic (exact) mass is 489 g/mol. The van der Waals surface area contributed by atoms with Gasteiger partial charge in [-0.1, -0.05) is 6.07 Å². The molecule has 17 heavy (non-hydrogen) atoms. The van der Waals surface area contributed by atoms with Gasteiger partial charge >= 0.3 is 0 Å². The Morgan fingerprint density at radius 1 is 1.24 bits per heavy atom. The molecule has 0 bridgehead atoms. The van der Waals surface area contributed by atoms with E-state index in [-0.39, 0.29) is 11.9 Å². The Hall–Kier alpha value is 0.500. The number of rotatable bonds is 2. The standard InChI is InChI=1S/C11H7Br2FINS/c12-9-4-7(11(13)17-9)10(16)6-2-1-5(14)3-8(6)15/h1-4,10H,16H2. The molecule has 0 spiro atoms. The van der Waals surface area contributed by atoms with Crippen molar-refractivity contribution in [1.29, 1.82) is 0 Å². The zero-order valence-electron chi connectivity index (χ0n) is 8.38. The van der Waals surface area contributed by atoms with Crippen LogP contribution >= 0.6 is 65.8 Å². The Labute approximate surface area is 133 Å². The van der Waals surface area contributed by atoms with Crippen LogP contribution in [0.15, 0.2) is 31.8 Å². The minimum absolute atomic E-state index is 0.240. The first-order chi connectivity index (χ1) is 7.99. The zero-order chi connectivity index (χ0) is 12.6. The third kappa shape index (κ3) is 3.09. The molecule has 0 aliphatic heterocycles. The van der Waals surface area contributed by atoms with Crippen LogP contribution in [0.4, 0.5) is 4.39 Å². The molecule has 1 aromatic carbocycles. The Kier molecular flexibility index (Phi) is 4.62. The second-order valence-corrected chi connectivity index (χ2v) is 8.33. The van der Waals surface area contributed by atoms with Crippen LogP contribution in [0.25, 0.3) is 0 Å². The summed E-state index contributed by atoms with van der Waals surface area (Å²) in [7, 11) is 0. The van der Waals surface area contributed by atoms with Crippen molar-refractivity contribution in [2.45, 2.75) is 6.04 Å². The fourth-order valence-electron chi connectivity index (χ4n) is 1.49. The molecule has 2 aromatic rings. The van der Waals surface area contributed by atoms with Gasteiger partial charge in [0.25, 0.3) is 0 Å². The van der Waals surface area contributed by atoms with Crippen LogP contribution in [0.5, 0.6) is 0 Å². The Morgan fingerprint density at radius 3 is 2.47 bits per heavy atom. The molecule has 0 aliphatic carbocycles. The van der Waals surface area contributed by atoms with Crippen molar-refractivity contribution in [3.05, 3.63) is 52.4 Å². The van der Waals surface area contributed by atoms with E-state index >= 15 is 0 Å². The first-order valence-electron chi connectivity index (χ1n) is 4.64. The Balaban J connectivity index is 2.43. The lowest BCUT2D eigenvalue weighted by molar-refractivity contribution is 0.625. The van der Waals surface area contributed by atoms with Crippen LogP contribution in [-0.4, -0.2) is 0 Å². The summed E-state index contributed by atoms with van der Waals surface area (Å²) >= 11 is 10.6. The van der Waals surface area contributed by atoms with Crippen molar-refractivity contribution in [3.8, 4) is 0 Å². The molecule has 1 unspecified atom stereocenters. The molecule has 1 nitrogen and oxygen atoms in total. The lowest BCUT2D eigenvalue weighted by Crippen LogP contribution is -2.13. The van der Waals surface area contributed by atoms with Gasteiger partial charge in [-0.05, 0) is 83.8 Å². The quantitative estimate of drug-likeness (QED) is 0.585. The van der Waals surface area contributed by atoms with Crippen molar-refractivity contribution in [2.24, 2.45) is 5.73 Å². The number of benzene rings is 1. The fraction of sp³-hybridized carbons (Fsp3) is 0.0909. The maximum absolute atomic E-state index is 13.0. The van der Waals surface area contributed by atoms with E-state index in [4.69, 9.17) is 5.73 Å². The summed E-state index contributed by atoms with van der Waals surface area (Å²) < 4.78 is 15.9. The molecule has 2 rings (SSSR count). The molecule has 0 saturated heterocycles. The number of hydrogen-bond acceptors (Lipinski definition) is 2. The molecule has 1 aromatic heterocycles. The first kappa shape index (κ1) is 13.9. The largest absolute Gasteiger partial charge is 0.320 e. The van der Waals surface area contributed by atoms with E-state index < -0.39 is 0 Å². The average Bonchev–Trinajstić information content (AvgIpc) is 2.57. The fourth-order valence-corrected chi connectivity index (χ4v) is 5.23. The van der Waals surface area contributed by atoms with Gasteiger partial charge in [0.1, 0.15) is 5.82 Å². The maximum Gasteiger partial charge on any atom is 0.124 e. The van der Waals surface area contributed by atoms with Crippen LogP contribution < -0.4 is 5.73 Å². The van der Waals surface area contributed by atoms with Gasteiger partial charge in [0, 0.05) is 3.57 Å². The summed E-state index contributed by atoms with van der Waals surface area (Å²) in [5, 5.41) is 0. The van der Waals surface area contributed by atoms with E-state index in [1.165, 1.54) is 12.1 Å². The third-order valence-electron chi connectivity index (χ3n) is 2.32. The van der Waals surface area contributed by atoms with Gasteiger partial charge in [-0.2, -0.15) is 0 Å². The van der Waals surface area contributed by atoms with Crippen LogP contribution in [0.1, 0.15) is 17.2 Å². The summed E-state index contributed by atoms with van der Waals surface area (Å²) in [5.74, 6) is -0.240. The van der Waals surface area contributed by atoms with Crippen LogP contribution in [0.3, 0.4) is 0 Å². The zero-order valence-corrected chi connectivity index (χ0v) is 14.5. The molecule has 1 atom stereocenters. The smallest absolute Gasteiger partial charge is 0.124 e. The van der Waals surface area contributed by atoms with Crippen molar-refractivity contribution in [1.82, 2.24) is 0 Å². The van der Waals surface area contributed by atoms with Gasteiger partial charge in [-0.3, -0.25) is 0 Å². The molecule has 0 amide bonds. The van der Waals surface area contributed by atoms with Crippen molar-refractivity contribution < 1.29 is 4.39 Å². The van der Waals surface area contributed by atoms with E-state index in [0.717, 1.165) is 22.3 Å². The number of hydrogen-bond donors (Lipinski definition) is 1. The second kappa shape index (κ2) is 5.64. The summed E-state index contributed by atoms with van der Waals surface area (Å²) in [6.07, 6.45) is 0. The predicted octanol–water partition coefficient (Wildman–Crippen LogP) is 5.06. The molecule has 2 N–H and O–H groups in total. The van der Waals surface area contributed by atoms with Gasteiger partial charge < -0.3 is 5.73 Å². The molecule has 6 heteroatoms. The molecule has 0 aliphatic rings. The molecule has 0 fully saturated rings. The molecule has 1 heterocycles. The third-order valence-corrected chi connectivity index (χ3v) is 5.64. The maximum atomic E-state index is 13.0. The van der Waals surface area contributed by atoms with Gasteiger partial charge in [-0.25, -0.2) is 4.39 Å². The topological polar surface area (TPSA) is 26.0 Å². The normalized spacial score (nSPS) is 12.8. The molecular weight excluding hydrogens is 484 g/mol. The van der Waals surface area contributed by atoms with E-state index in [0.29, 0.717) is 0 Å². The SMILES string of the molecule is NC(c1ccc(F)cc1I)c1cc(Br)sc1Br. The molecule has 0 saturated carbocycles. The number of thiophene rings is 1. The molecule has 0 radical (unpaired) electrons. The Bertz CT molecular complexity index is 558. The Morgan fingerprint density at radius 2 is 1.94 bits per heavy atom. The highest BCUT2D eigenvalue weighted by Crippen LogP contribution is 2.37. The van der Waals surface area contributed by atoms with Crippen molar-refractivity contribution in [3.63, 3.8) is 0 Å². The number of halogens is 4. The molecule has 90 valence electrons. The second-order valence-electron chi connectivity index (χ2n) is 3.42. The van der Waals surface area contributed by atoms with E-state index in [9.17, 15) is 4.39 Å². The van der Waals surface area contributed by atoms with Crippen LogP contribution in [0, 0.1) is 9.39 Å². The van der Waals surface area contributed by atoms with E-state index in [1.54, 1.807) is 17.4 Å². The van der Waals surface area contributed by atoms with Crippen LogP contribution in [-0.2, 0) is 0 Å².